The van der Waals surface area contributed by atoms with E-state index >= 15 is 0 Å². The van der Waals surface area contributed by atoms with Crippen LogP contribution in [0.3, 0.4) is 0 Å². The van der Waals surface area contributed by atoms with Crippen LogP contribution in [0.5, 0.6) is 5.75 Å². The summed E-state index contributed by atoms with van der Waals surface area (Å²) in [7, 11) is 0. The molecule has 0 saturated carbocycles. The summed E-state index contributed by atoms with van der Waals surface area (Å²) in [6.45, 7) is 12.6. The van der Waals surface area contributed by atoms with Gasteiger partial charge in [-0.1, -0.05) is 41.5 Å². The van der Waals surface area contributed by atoms with Crippen LogP contribution in [0.2, 0.25) is 0 Å². The first-order valence-electron chi connectivity index (χ1n) is 13.7. The lowest BCUT2D eigenvalue weighted by atomic mass is 9.66. The molecule has 0 radical (unpaired) electrons. The molecule has 41 heavy (non-hydrogen) atoms. The number of oxazole rings is 1. The van der Waals surface area contributed by atoms with Crippen LogP contribution in [-0.4, -0.2) is 58.0 Å². The van der Waals surface area contributed by atoms with Crippen molar-refractivity contribution in [1.29, 1.82) is 0 Å². The first kappa shape index (κ1) is 30.7. The molecule has 2 aliphatic rings. The summed E-state index contributed by atoms with van der Waals surface area (Å²) in [6, 6.07) is 2.61. The lowest BCUT2D eigenvalue weighted by Gasteiger charge is -2.58. The van der Waals surface area contributed by atoms with Crippen molar-refractivity contribution in [3.05, 3.63) is 47.0 Å². The number of rotatable bonds is 6. The molecule has 2 amide bonds. The van der Waals surface area contributed by atoms with Gasteiger partial charge in [-0.3, -0.25) is 14.3 Å². The Morgan fingerprint density at radius 1 is 1.17 bits per heavy atom. The number of carboxylic acid groups (broad SMARTS) is 1. The Kier molecular flexibility index (Phi) is 8.12. The number of hydrogen-bond acceptors (Lipinski definition) is 5. The molecule has 2 saturated heterocycles. The number of amides is 2. The van der Waals surface area contributed by atoms with Crippen molar-refractivity contribution < 1.29 is 41.8 Å². The molecule has 3 heterocycles. The maximum Gasteiger partial charge on any atom is 0.416 e. The van der Waals surface area contributed by atoms with Crippen LogP contribution < -0.4 is 10.4 Å². The minimum Gasteiger partial charge on any atom is -0.490 e. The molecular formula is C29H38F3N3O6. The average Bonchev–Trinajstić information content (AvgIpc) is 3.47. The normalized spacial score (nSPS) is 22.1. The van der Waals surface area contributed by atoms with Crippen LogP contribution in [0.1, 0.15) is 82.5 Å². The van der Waals surface area contributed by atoms with Crippen molar-refractivity contribution in [2.45, 2.75) is 90.6 Å². The third kappa shape index (κ3) is 6.32. The summed E-state index contributed by atoms with van der Waals surface area (Å²) in [5, 5.41) is 9.70. The summed E-state index contributed by atoms with van der Waals surface area (Å²) in [6.07, 6.45) is -1.96. The topological polar surface area (TPSA) is 107 Å². The zero-order valence-electron chi connectivity index (χ0n) is 24.3. The molecule has 2 aromatic rings. The van der Waals surface area contributed by atoms with E-state index in [1.165, 1.54) is 4.90 Å². The zero-order valence-corrected chi connectivity index (χ0v) is 24.3. The molecule has 226 valence electrons. The number of benzene rings is 1. The number of alkyl halides is 3. The fourth-order valence-electron chi connectivity index (χ4n) is 5.21. The second-order valence-corrected chi connectivity index (χ2v) is 12.8. The second-order valence-electron chi connectivity index (χ2n) is 12.8. The lowest BCUT2D eigenvalue weighted by Crippen LogP contribution is -2.70. The van der Waals surface area contributed by atoms with E-state index in [2.05, 4.69) is 4.99 Å². The fourth-order valence-corrected chi connectivity index (χ4v) is 5.21. The van der Waals surface area contributed by atoms with Gasteiger partial charge in [0, 0.05) is 24.8 Å². The number of halogens is 3. The van der Waals surface area contributed by atoms with Crippen LogP contribution in [0.25, 0.3) is 0 Å². The quantitative estimate of drug-likeness (QED) is 0.458. The van der Waals surface area contributed by atoms with Crippen molar-refractivity contribution in [3.8, 4) is 5.75 Å². The predicted molar refractivity (Wildman–Crippen MR) is 143 cm³/mol. The van der Waals surface area contributed by atoms with E-state index < -0.39 is 45.7 Å². The Morgan fingerprint density at radius 3 is 2.39 bits per heavy atom. The second kappa shape index (κ2) is 10.8. The SMILES string of the molecule is CC(C)(C)c1cn(C[C@H]2CCCO2)c(=NC(=O)c2cc(C(F)(F)F)ccc2OC[C@@]2(C(C)(C)C)CCN2C(=O)O)o1. The van der Waals surface area contributed by atoms with Gasteiger partial charge in [0.1, 0.15) is 18.1 Å². The molecule has 0 bridgehead atoms. The van der Waals surface area contributed by atoms with Gasteiger partial charge in [0.2, 0.25) is 0 Å². The van der Waals surface area contributed by atoms with Gasteiger partial charge >= 0.3 is 18.0 Å². The predicted octanol–water partition coefficient (Wildman–Crippen LogP) is 5.86. The Hall–Kier alpha value is -3.28. The standard InChI is InChI=1S/C29H38F3N3O6/c1-26(2,3)22-16-34(15-19-8-7-13-39-19)24(41-22)33-23(36)20-14-18(29(30,31)32)9-10-21(20)40-17-28(27(4,5)6)11-12-35(28)25(37)38/h9-10,14,16,19H,7-8,11-13,15,17H2,1-6H3,(H,37,38)/t19-,28-/m1/s1. The van der Waals surface area contributed by atoms with E-state index in [0.717, 1.165) is 25.0 Å². The number of nitrogens with zero attached hydrogens (tertiary/aromatic N) is 3. The van der Waals surface area contributed by atoms with Gasteiger partial charge in [0.05, 0.1) is 29.3 Å². The first-order valence-corrected chi connectivity index (χ1v) is 13.7. The Labute approximate surface area is 236 Å². The van der Waals surface area contributed by atoms with Crippen LogP contribution in [0, 0.1) is 5.41 Å². The van der Waals surface area contributed by atoms with Crippen LogP contribution in [0.4, 0.5) is 18.0 Å². The molecule has 2 fully saturated rings. The van der Waals surface area contributed by atoms with Crippen molar-refractivity contribution in [1.82, 2.24) is 9.47 Å². The third-order valence-electron chi connectivity index (χ3n) is 7.98. The smallest absolute Gasteiger partial charge is 0.416 e. The maximum absolute atomic E-state index is 13.7. The fraction of sp³-hybridized carbons (Fsp3) is 0.621. The van der Waals surface area contributed by atoms with Crippen molar-refractivity contribution in [3.63, 3.8) is 0 Å². The number of likely N-dealkylation sites (tertiary alicyclic amines) is 1. The largest absolute Gasteiger partial charge is 0.490 e. The monoisotopic (exact) mass is 581 g/mol. The molecule has 1 aromatic heterocycles. The third-order valence-corrected chi connectivity index (χ3v) is 7.98. The summed E-state index contributed by atoms with van der Waals surface area (Å²) >= 11 is 0. The van der Waals surface area contributed by atoms with Crippen molar-refractivity contribution in [2.75, 3.05) is 19.8 Å². The molecular weight excluding hydrogens is 543 g/mol. The van der Waals surface area contributed by atoms with E-state index in [-0.39, 0.29) is 24.1 Å². The van der Waals surface area contributed by atoms with Crippen LogP contribution in [0.15, 0.2) is 33.8 Å². The maximum atomic E-state index is 13.7. The van der Waals surface area contributed by atoms with Gasteiger partial charge < -0.3 is 19.0 Å². The van der Waals surface area contributed by atoms with Gasteiger partial charge in [-0.2, -0.15) is 18.2 Å². The Balaban J connectivity index is 1.74. The highest BCUT2D eigenvalue weighted by Crippen LogP contribution is 2.46. The molecule has 4 rings (SSSR count). The van der Waals surface area contributed by atoms with Crippen molar-refractivity contribution in [2.24, 2.45) is 10.4 Å². The number of aromatic nitrogens is 1. The summed E-state index contributed by atoms with van der Waals surface area (Å²) < 4.78 is 60.2. The van der Waals surface area contributed by atoms with Gasteiger partial charge in [0.15, 0.2) is 0 Å². The lowest BCUT2D eigenvalue weighted by molar-refractivity contribution is -0.137. The summed E-state index contributed by atoms with van der Waals surface area (Å²) in [5.74, 6) is -0.551. The summed E-state index contributed by atoms with van der Waals surface area (Å²) in [5.41, 5.74) is -3.38. The molecule has 2 aliphatic heterocycles. The summed E-state index contributed by atoms with van der Waals surface area (Å²) in [4.78, 5) is 30.8. The molecule has 12 heteroatoms. The van der Waals surface area contributed by atoms with Gasteiger partial charge in [-0.05, 0) is 42.9 Å². The highest BCUT2D eigenvalue weighted by Gasteiger charge is 2.56. The number of hydrogen-bond donors (Lipinski definition) is 1. The minimum absolute atomic E-state index is 0.0546. The van der Waals surface area contributed by atoms with Gasteiger partial charge in [0.25, 0.3) is 5.91 Å². The molecule has 0 spiro atoms. The van der Waals surface area contributed by atoms with Crippen LogP contribution >= 0.6 is 0 Å². The molecule has 1 aromatic carbocycles. The van der Waals surface area contributed by atoms with Gasteiger partial charge in [-0.15, -0.1) is 0 Å². The van der Waals surface area contributed by atoms with E-state index in [4.69, 9.17) is 13.9 Å². The Morgan fingerprint density at radius 2 is 1.88 bits per heavy atom. The molecule has 9 nitrogen and oxygen atoms in total. The molecule has 2 atom stereocenters. The van der Waals surface area contributed by atoms with E-state index in [0.29, 0.717) is 37.9 Å². The zero-order chi connectivity index (χ0) is 30.4. The first-order chi connectivity index (χ1) is 18.9. The average molecular weight is 582 g/mol. The molecule has 0 unspecified atom stereocenters. The Bertz CT molecular complexity index is 1360. The number of carbonyl (C=O) groups excluding carboxylic acids is 1. The van der Waals surface area contributed by atoms with Gasteiger partial charge in [-0.25, -0.2) is 4.79 Å². The van der Waals surface area contributed by atoms with E-state index in [1.807, 2.05) is 41.5 Å². The number of ether oxygens (including phenoxy) is 2. The molecule has 0 aliphatic carbocycles. The minimum atomic E-state index is -4.71. The molecule has 1 N–H and O–H groups in total. The van der Waals surface area contributed by atoms with E-state index in [1.54, 1.807) is 10.8 Å². The highest BCUT2D eigenvalue weighted by molar-refractivity contribution is 5.97. The van der Waals surface area contributed by atoms with Crippen LogP contribution in [-0.2, 0) is 22.9 Å². The number of carbonyl (C=O) groups is 2. The van der Waals surface area contributed by atoms with E-state index in [9.17, 15) is 27.9 Å². The highest BCUT2D eigenvalue weighted by atomic mass is 19.4. The van der Waals surface area contributed by atoms with Crippen molar-refractivity contribution >= 4 is 12.0 Å².